The van der Waals surface area contributed by atoms with Crippen molar-refractivity contribution < 1.29 is 27.4 Å². The summed E-state index contributed by atoms with van der Waals surface area (Å²) < 4.78 is 44.2. The van der Waals surface area contributed by atoms with Gasteiger partial charge in [-0.2, -0.15) is 4.98 Å². The number of methoxy groups -OCH3 is 1. The number of amides is 2. The van der Waals surface area contributed by atoms with Crippen LogP contribution in [-0.4, -0.2) is 43.3 Å². The fourth-order valence-corrected chi connectivity index (χ4v) is 3.27. The van der Waals surface area contributed by atoms with E-state index in [1.807, 2.05) is 0 Å². The number of nitrogens with zero attached hydrogens (tertiary/aromatic N) is 2. The number of aryl methyl sites for hydroxylation is 1. The first kappa shape index (κ1) is 19.5. The minimum Gasteiger partial charge on any atom is -0.481 e. The van der Waals surface area contributed by atoms with Crippen LogP contribution in [0.5, 0.6) is 5.88 Å². The van der Waals surface area contributed by atoms with Gasteiger partial charge in [0, 0.05) is 17.3 Å². The van der Waals surface area contributed by atoms with E-state index in [0.717, 1.165) is 6.07 Å². The average molecular weight is 384 g/mol. The van der Waals surface area contributed by atoms with Gasteiger partial charge in [-0.05, 0) is 13.0 Å². The molecule has 3 N–H and O–H groups in total. The van der Waals surface area contributed by atoms with Crippen LogP contribution in [0.1, 0.15) is 17.4 Å². The van der Waals surface area contributed by atoms with Crippen LogP contribution in [0.15, 0.2) is 35.2 Å². The Kier molecular flexibility index (Phi) is 6.05. The lowest BCUT2D eigenvalue weighted by molar-refractivity contribution is 0.139. The minimum atomic E-state index is -4.37. The van der Waals surface area contributed by atoms with Crippen molar-refractivity contribution in [3.05, 3.63) is 41.6 Å². The number of urea groups is 1. The number of anilines is 1. The number of hydrogen-bond acceptors (Lipinski definition) is 7. The summed E-state index contributed by atoms with van der Waals surface area (Å²) >= 11 is 0. The molecule has 0 saturated carbocycles. The molecule has 0 aliphatic heterocycles. The maximum Gasteiger partial charge on any atom is 0.335 e. The van der Waals surface area contributed by atoms with Gasteiger partial charge in [0.05, 0.1) is 12.0 Å². The lowest BCUT2D eigenvalue weighted by atomic mass is 10.1. The van der Waals surface area contributed by atoms with Crippen molar-refractivity contribution in [2.75, 3.05) is 19.1 Å². The van der Waals surface area contributed by atoms with E-state index in [2.05, 4.69) is 15.3 Å². The maximum absolute atomic E-state index is 12.7. The Hall–Kier alpha value is -2.79. The molecule has 11 heteroatoms. The Morgan fingerprint density at radius 3 is 2.69 bits per heavy atom. The number of sulfonamides is 1. The third-order valence-corrected chi connectivity index (χ3v) is 4.61. The van der Waals surface area contributed by atoms with E-state index in [-0.39, 0.29) is 17.4 Å². The van der Waals surface area contributed by atoms with Gasteiger partial charge < -0.3 is 9.84 Å². The number of aromatic nitrogens is 2. The van der Waals surface area contributed by atoms with E-state index < -0.39 is 33.7 Å². The first-order valence-corrected chi connectivity index (χ1v) is 8.81. The van der Waals surface area contributed by atoms with Crippen molar-refractivity contribution in [1.82, 2.24) is 14.7 Å². The van der Waals surface area contributed by atoms with Crippen molar-refractivity contribution in [2.45, 2.75) is 17.9 Å². The Morgan fingerprint density at radius 2 is 2.04 bits per heavy atom. The number of ether oxygens (including phenoxy) is 1. The van der Waals surface area contributed by atoms with E-state index >= 15 is 0 Å². The molecule has 0 aliphatic rings. The summed E-state index contributed by atoms with van der Waals surface area (Å²) in [5.41, 5.74) is 0.329. The number of aliphatic hydroxyl groups is 1. The first-order chi connectivity index (χ1) is 12.3. The topological polar surface area (TPSA) is 131 Å². The normalized spacial score (nSPS) is 12.3. The van der Waals surface area contributed by atoms with Crippen LogP contribution < -0.4 is 14.8 Å². The van der Waals surface area contributed by atoms with E-state index in [9.17, 15) is 22.7 Å². The molecule has 0 bridgehead atoms. The number of carbonyl (C=O) groups is 1. The highest BCUT2D eigenvalue weighted by Gasteiger charge is 2.24. The molecular formula is C15H17FN4O5S. The molecule has 1 aromatic carbocycles. The number of nitrogens with one attached hydrogen (secondary N) is 2. The largest absolute Gasteiger partial charge is 0.481 e. The Balaban J connectivity index is 2.22. The summed E-state index contributed by atoms with van der Waals surface area (Å²) in [7, 11) is -2.99. The van der Waals surface area contributed by atoms with Crippen LogP contribution in [0, 0.1) is 6.92 Å². The van der Waals surface area contributed by atoms with Crippen molar-refractivity contribution in [2.24, 2.45) is 0 Å². The summed E-state index contributed by atoms with van der Waals surface area (Å²) in [5.74, 6) is 0.0266. The molecule has 0 fully saturated rings. The summed E-state index contributed by atoms with van der Waals surface area (Å²) in [6, 6.07) is 5.63. The molecule has 0 aliphatic carbocycles. The van der Waals surface area contributed by atoms with E-state index in [1.54, 1.807) is 11.6 Å². The summed E-state index contributed by atoms with van der Waals surface area (Å²) in [6.07, 6.45) is -1.63. The average Bonchev–Trinajstić information content (AvgIpc) is 2.59. The van der Waals surface area contributed by atoms with Gasteiger partial charge in [-0.25, -0.2) is 27.3 Å². The van der Waals surface area contributed by atoms with E-state index in [0.29, 0.717) is 5.69 Å². The monoisotopic (exact) mass is 384 g/mol. The van der Waals surface area contributed by atoms with Crippen molar-refractivity contribution >= 4 is 22.0 Å². The van der Waals surface area contributed by atoms with Crippen LogP contribution in [0.2, 0.25) is 0 Å². The van der Waals surface area contributed by atoms with Gasteiger partial charge >= 0.3 is 6.03 Å². The Bertz CT molecular complexity index is 907. The fraction of sp³-hybridized carbons (Fsp3) is 0.267. The molecule has 9 nitrogen and oxygen atoms in total. The predicted octanol–water partition coefficient (Wildman–Crippen LogP) is 1.31. The second-order valence-corrected chi connectivity index (χ2v) is 6.79. The SMILES string of the molecule is COc1cc(C)nc(NC(=O)NS(=O)(=O)c2ccccc2C(O)CF)n1. The lowest BCUT2D eigenvalue weighted by Crippen LogP contribution is -2.35. The second kappa shape index (κ2) is 8.06. The van der Waals surface area contributed by atoms with Gasteiger partial charge in [0.25, 0.3) is 10.0 Å². The summed E-state index contributed by atoms with van der Waals surface area (Å²) in [4.78, 5) is 19.4. The number of benzene rings is 1. The number of carbonyl (C=O) groups excluding carboxylic acids is 1. The number of rotatable bonds is 6. The molecule has 2 amide bonds. The van der Waals surface area contributed by atoms with Crippen molar-refractivity contribution in [3.63, 3.8) is 0 Å². The Labute approximate surface area is 149 Å². The highest BCUT2D eigenvalue weighted by molar-refractivity contribution is 7.90. The van der Waals surface area contributed by atoms with Crippen LogP contribution in [0.4, 0.5) is 15.1 Å². The molecule has 1 heterocycles. The third-order valence-electron chi connectivity index (χ3n) is 3.21. The van der Waals surface area contributed by atoms with Crippen LogP contribution >= 0.6 is 0 Å². The molecule has 0 spiro atoms. The zero-order chi connectivity index (χ0) is 19.3. The zero-order valence-corrected chi connectivity index (χ0v) is 14.7. The van der Waals surface area contributed by atoms with Crippen LogP contribution in [-0.2, 0) is 10.0 Å². The first-order valence-electron chi connectivity index (χ1n) is 7.33. The lowest BCUT2D eigenvalue weighted by Gasteiger charge is -2.14. The molecule has 0 radical (unpaired) electrons. The molecule has 26 heavy (non-hydrogen) atoms. The molecular weight excluding hydrogens is 367 g/mol. The van der Waals surface area contributed by atoms with Gasteiger partial charge in [0.1, 0.15) is 12.8 Å². The highest BCUT2D eigenvalue weighted by Crippen LogP contribution is 2.22. The second-order valence-electron chi connectivity index (χ2n) is 5.14. The third kappa shape index (κ3) is 4.64. The molecule has 140 valence electrons. The van der Waals surface area contributed by atoms with Gasteiger partial charge in [-0.3, -0.25) is 5.32 Å². The molecule has 1 aromatic heterocycles. The molecule has 2 aromatic rings. The van der Waals surface area contributed by atoms with Crippen molar-refractivity contribution in [3.8, 4) is 5.88 Å². The van der Waals surface area contributed by atoms with Gasteiger partial charge in [-0.15, -0.1) is 0 Å². The summed E-state index contributed by atoms with van der Waals surface area (Å²) in [5, 5.41) is 11.8. The Morgan fingerprint density at radius 1 is 1.35 bits per heavy atom. The molecule has 0 saturated heterocycles. The van der Waals surface area contributed by atoms with Gasteiger partial charge in [0.15, 0.2) is 0 Å². The molecule has 2 rings (SSSR count). The molecule has 1 atom stereocenters. The molecule has 1 unspecified atom stereocenters. The van der Waals surface area contributed by atoms with E-state index in [1.165, 1.54) is 31.4 Å². The van der Waals surface area contributed by atoms with Gasteiger partial charge in [-0.1, -0.05) is 18.2 Å². The number of aliphatic hydroxyl groups excluding tert-OH is 1. The predicted molar refractivity (Wildman–Crippen MR) is 90.0 cm³/mol. The number of halogens is 1. The van der Waals surface area contributed by atoms with Crippen LogP contribution in [0.25, 0.3) is 0 Å². The summed E-state index contributed by atoms with van der Waals surface area (Å²) in [6.45, 7) is 0.467. The number of hydrogen-bond donors (Lipinski definition) is 3. The fourth-order valence-electron chi connectivity index (χ4n) is 2.09. The maximum atomic E-state index is 12.7. The van der Waals surface area contributed by atoms with Gasteiger partial charge in [0.2, 0.25) is 11.8 Å². The van der Waals surface area contributed by atoms with Crippen molar-refractivity contribution in [1.29, 1.82) is 0 Å². The standard InChI is InChI=1S/C15H17FN4O5S/c1-9-7-13(25-2)18-14(17-9)19-15(22)20-26(23,24)12-6-4-3-5-10(12)11(21)8-16/h3-7,11,21H,8H2,1-2H3,(H2,17,18,19,20,22). The zero-order valence-electron chi connectivity index (χ0n) is 13.9. The smallest absolute Gasteiger partial charge is 0.335 e. The van der Waals surface area contributed by atoms with E-state index in [4.69, 9.17) is 4.74 Å². The quantitative estimate of drug-likeness (QED) is 0.684. The minimum absolute atomic E-state index is 0.161. The highest BCUT2D eigenvalue weighted by atomic mass is 32.2. The van der Waals surface area contributed by atoms with Crippen LogP contribution in [0.3, 0.4) is 0 Å². The number of alkyl halides is 1.